The Bertz CT molecular complexity index is 804. The van der Waals surface area contributed by atoms with Crippen molar-refractivity contribution in [2.24, 2.45) is 5.73 Å². The van der Waals surface area contributed by atoms with E-state index in [-0.39, 0.29) is 18.7 Å². The highest BCUT2D eigenvalue weighted by Gasteiger charge is 2.23. The van der Waals surface area contributed by atoms with E-state index >= 15 is 0 Å². The highest BCUT2D eigenvalue weighted by Crippen LogP contribution is 2.34. The average molecular weight is 352 g/mol. The molecule has 2 heterocycles. The zero-order valence-corrected chi connectivity index (χ0v) is 13.8. The SMILES string of the molecule is COC(=O)c1sc2ncnc(NC(CCC(N)=O)C(=O)O)c2c1C. The number of aliphatic carboxylic acids is 1. The van der Waals surface area contributed by atoms with Crippen molar-refractivity contribution in [3.05, 3.63) is 16.8 Å². The third kappa shape index (κ3) is 3.59. The van der Waals surface area contributed by atoms with Crippen molar-refractivity contribution in [3.63, 3.8) is 0 Å². The fraction of sp³-hybridized carbons (Fsp3) is 0.357. The van der Waals surface area contributed by atoms with Crippen molar-refractivity contribution in [1.82, 2.24) is 9.97 Å². The molecule has 0 radical (unpaired) electrons. The number of aromatic nitrogens is 2. The standard InChI is InChI=1S/C14H16N4O5S/c1-6-9-11(18-7(13(20)21)3-4-8(15)19)16-5-17-12(9)24-10(6)14(22)23-2/h5,7H,3-4H2,1-2H3,(H2,15,19)(H,20,21)(H,16,17,18). The van der Waals surface area contributed by atoms with Gasteiger partial charge in [-0.25, -0.2) is 19.6 Å². The van der Waals surface area contributed by atoms with Gasteiger partial charge in [0.2, 0.25) is 5.91 Å². The van der Waals surface area contributed by atoms with E-state index < -0.39 is 23.9 Å². The highest BCUT2D eigenvalue weighted by molar-refractivity contribution is 7.20. The molecule has 2 rings (SSSR count). The molecule has 1 unspecified atom stereocenters. The molecule has 0 bridgehead atoms. The summed E-state index contributed by atoms with van der Waals surface area (Å²) in [6, 6.07) is -1.04. The first kappa shape index (κ1) is 17.6. The number of fused-ring (bicyclic) bond motifs is 1. The van der Waals surface area contributed by atoms with Crippen molar-refractivity contribution >= 4 is 45.2 Å². The summed E-state index contributed by atoms with van der Waals surface area (Å²) < 4.78 is 4.73. The molecule has 10 heteroatoms. The van der Waals surface area contributed by atoms with Crippen molar-refractivity contribution in [3.8, 4) is 0 Å². The van der Waals surface area contributed by atoms with Crippen LogP contribution in [0.15, 0.2) is 6.33 Å². The number of carboxylic acid groups (broad SMARTS) is 1. The molecule has 0 spiro atoms. The molecule has 0 fully saturated rings. The second kappa shape index (κ2) is 7.21. The van der Waals surface area contributed by atoms with Crippen LogP contribution in [0.1, 0.15) is 28.1 Å². The maximum Gasteiger partial charge on any atom is 0.348 e. The normalized spacial score (nSPS) is 11.9. The van der Waals surface area contributed by atoms with Crippen molar-refractivity contribution in [2.75, 3.05) is 12.4 Å². The van der Waals surface area contributed by atoms with Crippen LogP contribution < -0.4 is 11.1 Å². The van der Waals surface area contributed by atoms with Gasteiger partial charge >= 0.3 is 11.9 Å². The summed E-state index contributed by atoms with van der Waals surface area (Å²) in [5.74, 6) is -1.94. The summed E-state index contributed by atoms with van der Waals surface area (Å²) in [4.78, 5) is 43.1. The number of esters is 1. The molecule has 0 aliphatic rings. The molecule has 128 valence electrons. The lowest BCUT2D eigenvalue weighted by Gasteiger charge is -2.15. The van der Waals surface area contributed by atoms with Gasteiger partial charge in [-0.05, 0) is 18.9 Å². The Hall–Kier alpha value is -2.75. The number of nitrogens with zero attached hydrogens (tertiary/aromatic N) is 2. The van der Waals surface area contributed by atoms with E-state index in [1.807, 2.05) is 0 Å². The number of ether oxygens (including phenoxy) is 1. The first-order valence-corrected chi connectivity index (χ1v) is 7.76. The molecule has 4 N–H and O–H groups in total. The number of carbonyl (C=O) groups is 3. The lowest BCUT2D eigenvalue weighted by Crippen LogP contribution is -2.31. The molecule has 1 amide bonds. The first-order chi connectivity index (χ1) is 11.3. The Labute approximate surface area is 140 Å². The number of amides is 1. The number of hydrogen-bond acceptors (Lipinski definition) is 8. The number of methoxy groups -OCH3 is 1. The molecule has 9 nitrogen and oxygen atoms in total. The van der Waals surface area contributed by atoms with Crippen LogP contribution in [0.5, 0.6) is 0 Å². The van der Waals surface area contributed by atoms with Crippen LogP contribution >= 0.6 is 11.3 Å². The van der Waals surface area contributed by atoms with E-state index in [1.54, 1.807) is 6.92 Å². The van der Waals surface area contributed by atoms with Crippen LogP contribution in [0.25, 0.3) is 10.2 Å². The highest BCUT2D eigenvalue weighted by atomic mass is 32.1. The van der Waals surface area contributed by atoms with Gasteiger partial charge in [0.25, 0.3) is 0 Å². The number of rotatable bonds is 7. The topological polar surface area (TPSA) is 144 Å². The number of thiophene rings is 1. The summed E-state index contributed by atoms with van der Waals surface area (Å²) in [6.45, 7) is 1.71. The second-order valence-corrected chi connectivity index (χ2v) is 5.99. The maximum absolute atomic E-state index is 11.8. The van der Waals surface area contributed by atoms with E-state index in [1.165, 1.54) is 13.4 Å². The smallest absolute Gasteiger partial charge is 0.348 e. The quantitative estimate of drug-likeness (QED) is 0.624. The average Bonchev–Trinajstić information content (AvgIpc) is 2.88. The molecule has 0 aliphatic carbocycles. The summed E-state index contributed by atoms with van der Waals surface area (Å²) in [6.07, 6.45) is 1.21. The Morgan fingerprint density at radius 2 is 2.12 bits per heavy atom. The van der Waals surface area contributed by atoms with E-state index in [4.69, 9.17) is 10.5 Å². The van der Waals surface area contributed by atoms with Crippen LogP contribution in [0.2, 0.25) is 0 Å². The van der Waals surface area contributed by atoms with Crippen LogP contribution in [0, 0.1) is 6.92 Å². The van der Waals surface area contributed by atoms with Crippen LogP contribution in [-0.4, -0.2) is 46.1 Å². The number of carbonyl (C=O) groups excluding carboxylic acids is 2. The van der Waals surface area contributed by atoms with Gasteiger partial charge in [0, 0.05) is 6.42 Å². The molecular formula is C14H16N4O5S. The minimum Gasteiger partial charge on any atom is -0.480 e. The van der Waals surface area contributed by atoms with Gasteiger partial charge in [0.15, 0.2) is 0 Å². The minimum atomic E-state index is -1.14. The summed E-state index contributed by atoms with van der Waals surface area (Å²) in [5.41, 5.74) is 5.67. The van der Waals surface area contributed by atoms with E-state index in [0.29, 0.717) is 20.7 Å². The summed E-state index contributed by atoms with van der Waals surface area (Å²) in [5, 5.41) is 12.6. The Morgan fingerprint density at radius 3 is 2.71 bits per heavy atom. The van der Waals surface area contributed by atoms with Gasteiger partial charge in [-0.2, -0.15) is 0 Å². The third-order valence-corrected chi connectivity index (χ3v) is 4.57. The molecule has 1 atom stereocenters. The predicted octanol–water partition coefficient (Wildman–Crippen LogP) is 0.917. The number of hydrogen-bond donors (Lipinski definition) is 3. The largest absolute Gasteiger partial charge is 0.480 e. The maximum atomic E-state index is 11.8. The summed E-state index contributed by atoms with van der Waals surface area (Å²) >= 11 is 1.14. The molecular weight excluding hydrogens is 336 g/mol. The zero-order chi connectivity index (χ0) is 17.9. The number of aryl methyl sites for hydroxylation is 1. The van der Waals surface area contributed by atoms with Gasteiger partial charge in [-0.3, -0.25) is 4.79 Å². The number of nitrogens with one attached hydrogen (secondary N) is 1. The molecule has 0 aromatic carbocycles. The van der Waals surface area contributed by atoms with Crippen LogP contribution in [0.4, 0.5) is 5.82 Å². The van der Waals surface area contributed by atoms with Gasteiger partial charge in [0.1, 0.15) is 27.9 Å². The van der Waals surface area contributed by atoms with E-state index in [2.05, 4.69) is 15.3 Å². The lowest BCUT2D eigenvalue weighted by molar-refractivity contribution is -0.138. The minimum absolute atomic E-state index is 0.0171. The lowest BCUT2D eigenvalue weighted by atomic mass is 10.1. The first-order valence-electron chi connectivity index (χ1n) is 6.95. The molecule has 0 saturated heterocycles. The van der Waals surface area contributed by atoms with Crippen molar-refractivity contribution in [2.45, 2.75) is 25.8 Å². The van der Waals surface area contributed by atoms with Crippen LogP contribution in [-0.2, 0) is 14.3 Å². The third-order valence-electron chi connectivity index (χ3n) is 3.39. The fourth-order valence-electron chi connectivity index (χ4n) is 2.18. The second-order valence-electron chi connectivity index (χ2n) is 4.99. The number of carboxylic acids is 1. The molecule has 2 aromatic heterocycles. The summed E-state index contributed by atoms with van der Waals surface area (Å²) in [7, 11) is 1.28. The van der Waals surface area contributed by atoms with E-state index in [9.17, 15) is 19.5 Å². The Kier molecular flexibility index (Phi) is 5.29. The fourth-order valence-corrected chi connectivity index (χ4v) is 3.24. The van der Waals surface area contributed by atoms with Gasteiger partial charge in [0.05, 0.1) is 12.5 Å². The zero-order valence-electron chi connectivity index (χ0n) is 13.0. The van der Waals surface area contributed by atoms with Crippen LogP contribution in [0.3, 0.4) is 0 Å². The monoisotopic (exact) mass is 352 g/mol. The Morgan fingerprint density at radius 1 is 1.42 bits per heavy atom. The van der Waals surface area contributed by atoms with E-state index in [0.717, 1.165) is 11.3 Å². The van der Waals surface area contributed by atoms with Crippen molar-refractivity contribution in [1.29, 1.82) is 0 Å². The van der Waals surface area contributed by atoms with Gasteiger partial charge < -0.3 is 20.9 Å². The molecule has 24 heavy (non-hydrogen) atoms. The molecule has 0 aliphatic heterocycles. The van der Waals surface area contributed by atoms with Gasteiger partial charge in [-0.1, -0.05) is 0 Å². The number of primary amides is 1. The van der Waals surface area contributed by atoms with Crippen molar-refractivity contribution < 1.29 is 24.2 Å². The molecule has 2 aromatic rings. The number of anilines is 1. The predicted molar refractivity (Wildman–Crippen MR) is 87.0 cm³/mol. The number of nitrogens with two attached hydrogens (primary N) is 1. The van der Waals surface area contributed by atoms with Gasteiger partial charge in [-0.15, -0.1) is 11.3 Å². The Balaban J connectivity index is 2.40. The molecule has 0 saturated carbocycles.